The number of anilines is 3. The summed E-state index contributed by atoms with van der Waals surface area (Å²) in [6, 6.07) is 23.8. The summed E-state index contributed by atoms with van der Waals surface area (Å²) >= 11 is 0. The van der Waals surface area contributed by atoms with Gasteiger partial charge in [-0.3, -0.25) is 9.59 Å². The molecule has 0 radical (unpaired) electrons. The number of carbonyl (C=O) groups excluding carboxylic acids is 2. The summed E-state index contributed by atoms with van der Waals surface area (Å²) in [6.45, 7) is 2.53. The van der Waals surface area contributed by atoms with E-state index in [-0.39, 0.29) is 18.4 Å². The molecule has 0 spiro atoms. The molecule has 0 saturated carbocycles. The Kier molecular flexibility index (Phi) is 7.05. The lowest BCUT2D eigenvalue weighted by atomic mass is 10.1. The quantitative estimate of drug-likeness (QED) is 0.584. The minimum Gasteiger partial charge on any atom is -0.492 e. The molecule has 3 aromatic rings. The Morgan fingerprint density at radius 2 is 1.67 bits per heavy atom. The Labute approximate surface area is 176 Å². The van der Waals surface area contributed by atoms with E-state index in [1.165, 1.54) is 0 Å². The number of carbonyl (C=O) groups is 2. The molecule has 0 aromatic heterocycles. The van der Waals surface area contributed by atoms with Crippen molar-refractivity contribution < 1.29 is 14.3 Å². The number of hydrogen-bond donors (Lipinski definition) is 2. The molecule has 0 unspecified atom stereocenters. The van der Waals surface area contributed by atoms with Gasteiger partial charge in [0.05, 0.1) is 18.8 Å². The van der Waals surface area contributed by atoms with Crippen LogP contribution in [-0.4, -0.2) is 32.0 Å². The van der Waals surface area contributed by atoms with Gasteiger partial charge >= 0.3 is 0 Å². The molecule has 0 bridgehead atoms. The summed E-state index contributed by atoms with van der Waals surface area (Å²) in [5.41, 5.74) is 2.61. The monoisotopic (exact) mass is 403 g/mol. The second-order valence-corrected chi connectivity index (χ2v) is 6.61. The maximum atomic E-state index is 12.8. The second kappa shape index (κ2) is 10.1. The molecule has 2 amide bonds. The summed E-state index contributed by atoms with van der Waals surface area (Å²) < 4.78 is 5.55. The van der Waals surface area contributed by atoms with Gasteiger partial charge in [0.2, 0.25) is 5.91 Å². The topological polar surface area (TPSA) is 70.7 Å². The van der Waals surface area contributed by atoms with Crippen LogP contribution in [-0.2, 0) is 4.79 Å². The van der Waals surface area contributed by atoms with Gasteiger partial charge < -0.3 is 20.3 Å². The molecule has 0 aliphatic rings. The van der Waals surface area contributed by atoms with Crippen molar-refractivity contribution in [3.05, 3.63) is 84.4 Å². The standard InChI is InChI=1S/C24H25N3O3/c1-3-30-22-15-8-7-14-21(22)25-17-23(28)26-19-11-9-10-18(16-19)24(29)27(2)20-12-5-4-6-13-20/h4-16,25H,3,17H2,1-2H3,(H,26,28). The Bertz CT molecular complexity index is 1010. The Balaban J connectivity index is 1.62. The van der Waals surface area contributed by atoms with Crippen LogP contribution in [0.5, 0.6) is 5.75 Å². The zero-order chi connectivity index (χ0) is 21.3. The van der Waals surface area contributed by atoms with Gasteiger partial charge in [-0.15, -0.1) is 0 Å². The number of benzene rings is 3. The van der Waals surface area contributed by atoms with E-state index in [4.69, 9.17) is 4.74 Å². The molecule has 0 aliphatic carbocycles. The van der Waals surface area contributed by atoms with Crippen LogP contribution in [0.3, 0.4) is 0 Å². The van der Waals surface area contributed by atoms with E-state index in [2.05, 4.69) is 10.6 Å². The van der Waals surface area contributed by atoms with Crippen LogP contribution in [0.4, 0.5) is 17.1 Å². The van der Waals surface area contributed by atoms with Gasteiger partial charge in [0, 0.05) is 24.0 Å². The number of para-hydroxylation sites is 3. The fraction of sp³-hybridized carbons (Fsp3) is 0.167. The molecule has 0 aliphatic heterocycles. The Morgan fingerprint density at radius 1 is 0.933 bits per heavy atom. The average molecular weight is 403 g/mol. The van der Waals surface area contributed by atoms with Gasteiger partial charge in [0.1, 0.15) is 5.75 Å². The summed E-state index contributed by atoms with van der Waals surface area (Å²) in [5.74, 6) is 0.327. The summed E-state index contributed by atoms with van der Waals surface area (Å²) in [5, 5.41) is 5.91. The van der Waals surface area contributed by atoms with Crippen LogP contribution < -0.4 is 20.3 Å². The Morgan fingerprint density at radius 3 is 2.43 bits per heavy atom. The van der Waals surface area contributed by atoms with Crippen molar-refractivity contribution in [2.45, 2.75) is 6.92 Å². The number of nitrogens with one attached hydrogen (secondary N) is 2. The third-order valence-electron chi connectivity index (χ3n) is 4.47. The molecule has 3 aromatic carbocycles. The smallest absolute Gasteiger partial charge is 0.258 e. The zero-order valence-electron chi connectivity index (χ0n) is 17.1. The summed E-state index contributed by atoms with van der Waals surface area (Å²) in [4.78, 5) is 26.7. The van der Waals surface area contributed by atoms with Crippen molar-refractivity contribution in [1.29, 1.82) is 0 Å². The van der Waals surface area contributed by atoms with Crippen molar-refractivity contribution in [3.8, 4) is 5.75 Å². The maximum Gasteiger partial charge on any atom is 0.258 e. The summed E-state index contributed by atoms with van der Waals surface area (Å²) in [7, 11) is 1.72. The molecule has 154 valence electrons. The first-order valence-electron chi connectivity index (χ1n) is 9.77. The highest BCUT2D eigenvalue weighted by Gasteiger charge is 2.14. The predicted molar refractivity (Wildman–Crippen MR) is 120 cm³/mol. The first-order chi connectivity index (χ1) is 14.6. The number of hydrogen-bond acceptors (Lipinski definition) is 4. The van der Waals surface area contributed by atoms with E-state index >= 15 is 0 Å². The van der Waals surface area contributed by atoms with Gasteiger partial charge in [-0.1, -0.05) is 36.4 Å². The SMILES string of the molecule is CCOc1ccccc1NCC(=O)Nc1cccc(C(=O)N(C)c2ccccc2)c1. The minimum absolute atomic E-state index is 0.0756. The fourth-order valence-electron chi connectivity index (χ4n) is 2.97. The maximum absolute atomic E-state index is 12.8. The number of nitrogens with zero attached hydrogens (tertiary/aromatic N) is 1. The molecular weight excluding hydrogens is 378 g/mol. The normalized spacial score (nSPS) is 10.2. The van der Waals surface area contributed by atoms with Crippen LogP contribution in [0.1, 0.15) is 17.3 Å². The average Bonchev–Trinajstić information content (AvgIpc) is 2.78. The fourth-order valence-corrected chi connectivity index (χ4v) is 2.97. The highest BCUT2D eigenvalue weighted by atomic mass is 16.5. The van der Waals surface area contributed by atoms with Crippen LogP contribution >= 0.6 is 0 Å². The molecule has 0 saturated heterocycles. The number of amides is 2. The third kappa shape index (κ3) is 5.38. The van der Waals surface area contributed by atoms with Gasteiger partial charge in [-0.25, -0.2) is 0 Å². The molecule has 0 fully saturated rings. The minimum atomic E-state index is -0.220. The molecule has 3 rings (SSSR count). The lowest BCUT2D eigenvalue weighted by Gasteiger charge is -2.18. The molecule has 0 heterocycles. The first-order valence-corrected chi connectivity index (χ1v) is 9.77. The van der Waals surface area contributed by atoms with E-state index in [0.717, 1.165) is 11.4 Å². The predicted octanol–water partition coefficient (Wildman–Crippen LogP) is 4.41. The lowest BCUT2D eigenvalue weighted by Crippen LogP contribution is -2.26. The van der Waals surface area contributed by atoms with E-state index in [1.807, 2.05) is 61.5 Å². The van der Waals surface area contributed by atoms with Crippen molar-refractivity contribution in [2.75, 3.05) is 35.7 Å². The van der Waals surface area contributed by atoms with Crippen LogP contribution in [0.2, 0.25) is 0 Å². The van der Waals surface area contributed by atoms with Crippen molar-refractivity contribution in [2.24, 2.45) is 0 Å². The largest absolute Gasteiger partial charge is 0.492 e. The lowest BCUT2D eigenvalue weighted by molar-refractivity contribution is -0.114. The molecule has 6 nitrogen and oxygen atoms in total. The van der Waals surface area contributed by atoms with E-state index in [1.54, 1.807) is 36.2 Å². The highest BCUT2D eigenvalue weighted by molar-refractivity contribution is 6.06. The molecule has 30 heavy (non-hydrogen) atoms. The van der Waals surface area contributed by atoms with Crippen LogP contribution in [0.15, 0.2) is 78.9 Å². The highest BCUT2D eigenvalue weighted by Crippen LogP contribution is 2.23. The van der Waals surface area contributed by atoms with Crippen molar-refractivity contribution in [1.82, 2.24) is 0 Å². The van der Waals surface area contributed by atoms with Gasteiger partial charge in [0.25, 0.3) is 5.91 Å². The van der Waals surface area contributed by atoms with Gasteiger partial charge in [-0.05, 0) is 49.4 Å². The Hall–Kier alpha value is -3.80. The molecule has 2 N–H and O–H groups in total. The van der Waals surface area contributed by atoms with Crippen molar-refractivity contribution in [3.63, 3.8) is 0 Å². The molecular formula is C24H25N3O3. The van der Waals surface area contributed by atoms with E-state index in [9.17, 15) is 9.59 Å². The molecule has 6 heteroatoms. The zero-order valence-corrected chi connectivity index (χ0v) is 17.1. The first kappa shape index (κ1) is 20.9. The van der Waals surface area contributed by atoms with Gasteiger partial charge in [-0.2, -0.15) is 0 Å². The number of rotatable bonds is 8. The van der Waals surface area contributed by atoms with Crippen LogP contribution in [0.25, 0.3) is 0 Å². The van der Waals surface area contributed by atoms with E-state index < -0.39 is 0 Å². The van der Waals surface area contributed by atoms with E-state index in [0.29, 0.717) is 23.6 Å². The van der Waals surface area contributed by atoms with Crippen molar-refractivity contribution >= 4 is 28.9 Å². The summed E-state index contributed by atoms with van der Waals surface area (Å²) in [6.07, 6.45) is 0. The van der Waals surface area contributed by atoms with Gasteiger partial charge in [0.15, 0.2) is 0 Å². The molecule has 0 atom stereocenters. The second-order valence-electron chi connectivity index (χ2n) is 6.61. The number of ether oxygens (including phenoxy) is 1. The third-order valence-corrected chi connectivity index (χ3v) is 4.47. The van der Waals surface area contributed by atoms with Crippen LogP contribution in [0, 0.1) is 0 Å².